The van der Waals surface area contributed by atoms with E-state index in [-0.39, 0.29) is 17.5 Å². The number of hydrogen-bond donors (Lipinski definition) is 0. The maximum absolute atomic E-state index is 14.8. The van der Waals surface area contributed by atoms with Gasteiger partial charge in [0, 0.05) is 48.2 Å². The number of carbonyl (C=O) groups is 2. The van der Waals surface area contributed by atoms with E-state index >= 15 is 0 Å². The van der Waals surface area contributed by atoms with Crippen LogP contribution in [0.25, 0.3) is 0 Å². The van der Waals surface area contributed by atoms with Crippen molar-refractivity contribution in [3.63, 3.8) is 0 Å². The molecular formula is C38H49N3O4S. The Balaban J connectivity index is 1.65. The van der Waals surface area contributed by atoms with Gasteiger partial charge in [0.05, 0.1) is 37.5 Å². The zero-order valence-corrected chi connectivity index (χ0v) is 28.9. The minimum absolute atomic E-state index is 0.0768. The summed E-state index contributed by atoms with van der Waals surface area (Å²) in [5.41, 5.74) is 2.20. The van der Waals surface area contributed by atoms with Crippen molar-refractivity contribution in [3.8, 4) is 0 Å². The topological polar surface area (TPSA) is 62.3 Å². The first kappa shape index (κ1) is 34.3. The molecule has 0 saturated carbocycles. The maximum Gasteiger partial charge on any atom is 0.182 e. The van der Waals surface area contributed by atoms with E-state index in [1.165, 1.54) is 0 Å². The number of Topliss-reactive ketones (excluding diaryl/α,β-unsaturated/α-hetero) is 2. The molecule has 0 N–H and O–H groups in total. The number of thioether (sulfide) groups is 1. The van der Waals surface area contributed by atoms with Crippen LogP contribution in [-0.4, -0.2) is 105 Å². The standard InChI is InChI=1S/C38H49N3O4S/c1-29(42)38(39(3)4,27-30-9-7-6-8-10-30)35(31-11-15-33(16-12-31)40-19-23-44-24-20-40)28-37(2,41-21-25-45-26-22-41)36(43)32-13-17-34(46-5)18-14-32/h6-18,35H,19-28H2,1-5H3. The molecule has 0 radical (unpaired) electrons. The Morgan fingerprint density at radius 3 is 1.98 bits per heavy atom. The smallest absolute Gasteiger partial charge is 0.182 e. The third kappa shape index (κ3) is 7.26. The highest BCUT2D eigenvalue weighted by Crippen LogP contribution is 2.44. The molecule has 3 atom stereocenters. The number of ether oxygens (including phenoxy) is 2. The van der Waals surface area contributed by atoms with E-state index in [1.54, 1.807) is 18.7 Å². The van der Waals surface area contributed by atoms with Gasteiger partial charge >= 0.3 is 0 Å². The molecule has 3 aromatic carbocycles. The van der Waals surface area contributed by atoms with E-state index in [9.17, 15) is 9.59 Å². The first-order valence-electron chi connectivity index (χ1n) is 16.4. The van der Waals surface area contributed by atoms with Crippen molar-refractivity contribution in [2.75, 3.05) is 77.9 Å². The summed E-state index contributed by atoms with van der Waals surface area (Å²) in [4.78, 5) is 36.9. The van der Waals surface area contributed by atoms with Gasteiger partial charge in [0.15, 0.2) is 11.6 Å². The minimum Gasteiger partial charge on any atom is -0.379 e. The molecule has 5 rings (SSSR count). The lowest BCUT2D eigenvalue weighted by Crippen LogP contribution is -2.62. The van der Waals surface area contributed by atoms with Gasteiger partial charge in [-0.25, -0.2) is 0 Å². The van der Waals surface area contributed by atoms with Crippen molar-refractivity contribution < 1.29 is 19.1 Å². The Labute approximate surface area is 279 Å². The van der Waals surface area contributed by atoms with Crippen molar-refractivity contribution in [1.82, 2.24) is 9.80 Å². The molecule has 0 bridgehead atoms. The molecular weight excluding hydrogens is 595 g/mol. The van der Waals surface area contributed by atoms with Crippen LogP contribution in [0.3, 0.4) is 0 Å². The Morgan fingerprint density at radius 2 is 1.43 bits per heavy atom. The van der Waals surface area contributed by atoms with Crippen molar-refractivity contribution in [1.29, 1.82) is 0 Å². The molecule has 246 valence electrons. The van der Waals surface area contributed by atoms with Gasteiger partial charge in [-0.1, -0.05) is 54.6 Å². The maximum atomic E-state index is 14.8. The van der Waals surface area contributed by atoms with E-state index < -0.39 is 11.1 Å². The van der Waals surface area contributed by atoms with Crippen LogP contribution in [0.2, 0.25) is 0 Å². The molecule has 0 spiro atoms. The van der Waals surface area contributed by atoms with E-state index in [0.29, 0.717) is 57.9 Å². The monoisotopic (exact) mass is 643 g/mol. The van der Waals surface area contributed by atoms with Gasteiger partial charge in [0.25, 0.3) is 0 Å². The van der Waals surface area contributed by atoms with Gasteiger partial charge in [-0.2, -0.15) is 0 Å². The van der Waals surface area contributed by atoms with Gasteiger partial charge in [-0.3, -0.25) is 19.4 Å². The highest BCUT2D eigenvalue weighted by molar-refractivity contribution is 7.98. The van der Waals surface area contributed by atoms with Gasteiger partial charge in [-0.15, -0.1) is 11.8 Å². The van der Waals surface area contributed by atoms with Gasteiger partial charge in [0.1, 0.15) is 0 Å². The van der Waals surface area contributed by atoms with E-state index in [0.717, 1.165) is 34.8 Å². The number of likely N-dealkylation sites (N-methyl/N-ethyl adjacent to an activating group) is 1. The predicted octanol–water partition coefficient (Wildman–Crippen LogP) is 5.82. The summed E-state index contributed by atoms with van der Waals surface area (Å²) in [6, 6.07) is 26.9. The highest BCUT2D eigenvalue weighted by atomic mass is 32.2. The average molecular weight is 644 g/mol. The summed E-state index contributed by atoms with van der Waals surface area (Å²) in [5, 5.41) is 0. The number of anilines is 1. The largest absolute Gasteiger partial charge is 0.379 e. The number of ketones is 2. The lowest BCUT2D eigenvalue weighted by molar-refractivity contribution is -0.130. The molecule has 2 saturated heterocycles. The Morgan fingerprint density at radius 1 is 0.848 bits per heavy atom. The zero-order chi connectivity index (χ0) is 32.7. The Bertz CT molecular complexity index is 1440. The predicted molar refractivity (Wildman–Crippen MR) is 187 cm³/mol. The molecule has 0 amide bonds. The van der Waals surface area contributed by atoms with Crippen molar-refractivity contribution in [3.05, 3.63) is 95.6 Å². The summed E-state index contributed by atoms with van der Waals surface area (Å²) < 4.78 is 11.4. The third-order valence-corrected chi connectivity index (χ3v) is 10.9. The Kier molecular flexibility index (Phi) is 11.4. The molecule has 7 nitrogen and oxygen atoms in total. The fourth-order valence-corrected chi connectivity index (χ4v) is 7.77. The van der Waals surface area contributed by atoms with Crippen LogP contribution in [0.1, 0.15) is 47.7 Å². The second-order valence-electron chi connectivity index (χ2n) is 12.9. The van der Waals surface area contributed by atoms with Crippen molar-refractivity contribution in [2.45, 2.75) is 48.6 Å². The second-order valence-corrected chi connectivity index (χ2v) is 13.8. The molecule has 3 unspecified atom stereocenters. The quantitative estimate of drug-likeness (QED) is 0.171. The van der Waals surface area contributed by atoms with E-state index in [2.05, 4.69) is 58.0 Å². The summed E-state index contributed by atoms with van der Waals surface area (Å²) >= 11 is 1.66. The van der Waals surface area contributed by atoms with Gasteiger partial charge in [0.2, 0.25) is 0 Å². The molecule has 0 aliphatic carbocycles. The number of rotatable bonds is 13. The molecule has 46 heavy (non-hydrogen) atoms. The summed E-state index contributed by atoms with van der Waals surface area (Å²) in [6.45, 7) is 9.39. The lowest BCUT2D eigenvalue weighted by Gasteiger charge is -2.50. The highest BCUT2D eigenvalue weighted by Gasteiger charge is 2.52. The molecule has 3 aromatic rings. The van der Waals surface area contributed by atoms with Crippen molar-refractivity contribution >= 4 is 29.0 Å². The van der Waals surface area contributed by atoms with Crippen LogP contribution in [0, 0.1) is 0 Å². The molecule has 2 heterocycles. The van der Waals surface area contributed by atoms with Gasteiger partial charge in [-0.05, 0) is 82.4 Å². The molecule has 2 aliphatic heterocycles. The third-order valence-electron chi connectivity index (χ3n) is 10.1. The average Bonchev–Trinajstić information content (AvgIpc) is 3.10. The number of carbonyl (C=O) groups excluding carboxylic acids is 2. The van der Waals surface area contributed by atoms with E-state index in [4.69, 9.17) is 9.47 Å². The van der Waals surface area contributed by atoms with Crippen LogP contribution < -0.4 is 4.90 Å². The van der Waals surface area contributed by atoms with Crippen LogP contribution in [-0.2, 0) is 20.7 Å². The fourth-order valence-electron chi connectivity index (χ4n) is 7.36. The number of nitrogens with zero attached hydrogens (tertiary/aromatic N) is 3. The van der Waals surface area contributed by atoms with Crippen LogP contribution in [0.15, 0.2) is 83.8 Å². The first-order valence-corrected chi connectivity index (χ1v) is 17.6. The Hall–Kier alpha value is -3.01. The molecule has 2 aliphatic rings. The normalized spacial score (nSPS) is 19.3. The van der Waals surface area contributed by atoms with Crippen molar-refractivity contribution in [2.24, 2.45) is 0 Å². The fraction of sp³-hybridized carbons (Fsp3) is 0.474. The zero-order valence-electron chi connectivity index (χ0n) is 28.0. The molecule has 0 aromatic heterocycles. The second kappa shape index (κ2) is 15.3. The minimum atomic E-state index is -0.904. The van der Waals surface area contributed by atoms with Gasteiger partial charge < -0.3 is 14.4 Å². The molecule has 8 heteroatoms. The number of hydrogen-bond acceptors (Lipinski definition) is 8. The SMILES string of the molecule is CSc1ccc(C(=O)C(C)(CC(c2ccc(N3CCOCC3)cc2)C(Cc2ccccc2)(C(C)=O)N(C)C)N2CCOCC2)cc1. The number of benzene rings is 3. The van der Waals surface area contributed by atoms with E-state index in [1.807, 2.05) is 62.8 Å². The summed E-state index contributed by atoms with van der Waals surface area (Å²) in [6.07, 6.45) is 3.04. The number of morpholine rings is 2. The van der Waals surface area contributed by atoms with Crippen LogP contribution in [0.5, 0.6) is 0 Å². The van der Waals surface area contributed by atoms with Crippen LogP contribution >= 0.6 is 11.8 Å². The summed E-state index contributed by atoms with van der Waals surface area (Å²) in [5.74, 6) is -0.126. The van der Waals surface area contributed by atoms with Crippen LogP contribution in [0.4, 0.5) is 5.69 Å². The summed E-state index contributed by atoms with van der Waals surface area (Å²) in [7, 11) is 4.02. The molecule has 2 fully saturated rings. The first-order chi connectivity index (χ1) is 22.2. The lowest BCUT2D eigenvalue weighted by atomic mass is 9.66.